The van der Waals surface area contributed by atoms with Crippen LogP contribution < -0.4 is 10.6 Å². The molecule has 0 radical (unpaired) electrons. The summed E-state index contributed by atoms with van der Waals surface area (Å²) in [6, 6.07) is 8.99. The Hall–Kier alpha value is -4.82. The van der Waals surface area contributed by atoms with Crippen LogP contribution in [0, 0.1) is 18.3 Å². The minimum Gasteiger partial charge on any atom is -0.507 e. The van der Waals surface area contributed by atoms with E-state index in [4.69, 9.17) is 4.74 Å². The number of hydrogen-bond acceptors (Lipinski definition) is 11. The second kappa shape index (κ2) is 11.1. The van der Waals surface area contributed by atoms with Crippen LogP contribution in [0.4, 0.5) is 23.0 Å². The average molecular weight is 515 g/mol. The lowest BCUT2D eigenvalue weighted by atomic mass is 9.82. The number of azo groups is 1. The molecular weight excluding hydrogens is 488 g/mol. The Kier molecular flexibility index (Phi) is 7.64. The largest absolute Gasteiger partial charge is 0.507 e. The lowest BCUT2D eigenvalue weighted by molar-refractivity contribution is 0.0974. The summed E-state index contributed by atoms with van der Waals surface area (Å²) in [5.41, 5.74) is 0.639. The molecule has 0 saturated carbocycles. The maximum Gasteiger partial charge on any atom is 0.200 e. The summed E-state index contributed by atoms with van der Waals surface area (Å²) in [6.45, 7) is 5.15. The number of pyridine rings is 1. The Morgan fingerprint density at radius 2 is 1.66 bits per heavy atom. The molecule has 0 unspecified atom stereocenters. The molecule has 1 aliphatic carbocycles. The standard InChI is InChI=1S/C27H26N6O5/c1-4-10-29-26-16(13-28)14(2)23(27(31-26)30-11-12-38-3)33-32-17-7-5-6-15-20(17)25(37)22-19(35)9-8-18(34)21(22)24(15)36/h5-9,34-35H,4,10-12H2,1-3H3,(H2,29,30,31)/b33-32+. The van der Waals surface area contributed by atoms with Gasteiger partial charge >= 0.3 is 0 Å². The van der Waals surface area contributed by atoms with E-state index >= 15 is 0 Å². The molecule has 1 aromatic heterocycles. The lowest BCUT2D eigenvalue weighted by Gasteiger charge is -2.20. The van der Waals surface area contributed by atoms with Gasteiger partial charge in [-0.1, -0.05) is 19.1 Å². The summed E-state index contributed by atoms with van der Waals surface area (Å²) in [6.07, 6.45) is 0.835. The number of methoxy groups -OCH3 is 1. The average Bonchev–Trinajstić information content (AvgIpc) is 2.91. The van der Waals surface area contributed by atoms with Crippen molar-refractivity contribution in [2.75, 3.05) is 37.4 Å². The number of ketones is 2. The van der Waals surface area contributed by atoms with E-state index in [1.807, 2.05) is 6.92 Å². The molecule has 0 spiro atoms. The van der Waals surface area contributed by atoms with Crippen molar-refractivity contribution in [3.8, 4) is 17.6 Å². The van der Waals surface area contributed by atoms with Gasteiger partial charge in [0.1, 0.15) is 29.1 Å². The van der Waals surface area contributed by atoms with E-state index in [0.29, 0.717) is 42.5 Å². The van der Waals surface area contributed by atoms with Gasteiger partial charge in [-0.15, -0.1) is 10.2 Å². The van der Waals surface area contributed by atoms with Crippen LogP contribution in [0.5, 0.6) is 11.5 Å². The van der Waals surface area contributed by atoms with Crippen LogP contribution in [-0.4, -0.2) is 53.6 Å². The van der Waals surface area contributed by atoms with Crippen molar-refractivity contribution in [2.24, 2.45) is 10.2 Å². The third-order valence-electron chi connectivity index (χ3n) is 6.06. The highest BCUT2D eigenvalue weighted by Gasteiger charge is 2.36. The molecule has 38 heavy (non-hydrogen) atoms. The zero-order valence-corrected chi connectivity index (χ0v) is 21.1. The van der Waals surface area contributed by atoms with E-state index in [0.717, 1.165) is 18.6 Å². The van der Waals surface area contributed by atoms with Gasteiger partial charge in [-0.3, -0.25) is 9.59 Å². The minimum atomic E-state index is -0.664. The van der Waals surface area contributed by atoms with E-state index in [2.05, 4.69) is 31.9 Å². The van der Waals surface area contributed by atoms with Crippen molar-refractivity contribution in [3.05, 3.63) is 63.7 Å². The van der Waals surface area contributed by atoms with Gasteiger partial charge in [-0.05, 0) is 31.5 Å². The van der Waals surface area contributed by atoms with Crippen LogP contribution in [0.2, 0.25) is 0 Å². The fourth-order valence-electron chi connectivity index (χ4n) is 4.17. The third kappa shape index (κ3) is 4.65. The van der Waals surface area contributed by atoms with E-state index in [1.54, 1.807) is 20.1 Å². The molecule has 1 heterocycles. The molecule has 1 aliphatic rings. The van der Waals surface area contributed by atoms with Crippen molar-refractivity contribution in [3.63, 3.8) is 0 Å². The zero-order valence-electron chi connectivity index (χ0n) is 21.1. The molecule has 0 aliphatic heterocycles. The molecule has 11 nitrogen and oxygen atoms in total. The van der Waals surface area contributed by atoms with Crippen molar-refractivity contribution in [2.45, 2.75) is 20.3 Å². The monoisotopic (exact) mass is 514 g/mol. The predicted octanol–water partition coefficient (Wildman–Crippen LogP) is 4.74. The Morgan fingerprint density at radius 3 is 2.32 bits per heavy atom. The molecule has 4 rings (SSSR count). The highest BCUT2D eigenvalue weighted by molar-refractivity contribution is 6.31. The number of nitriles is 1. The first-order chi connectivity index (χ1) is 18.3. The first-order valence-corrected chi connectivity index (χ1v) is 11.9. The molecule has 0 atom stereocenters. The van der Waals surface area contributed by atoms with E-state index in [9.17, 15) is 25.1 Å². The molecule has 194 valence electrons. The van der Waals surface area contributed by atoms with Crippen LogP contribution in [0.3, 0.4) is 0 Å². The number of carbonyl (C=O) groups excluding carboxylic acids is 2. The van der Waals surface area contributed by atoms with E-state index < -0.39 is 23.1 Å². The Balaban J connectivity index is 1.83. The first kappa shape index (κ1) is 26.2. The highest BCUT2D eigenvalue weighted by atomic mass is 16.5. The van der Waals surface area contributed by atoms with Crippen LogP contribution in [0.25, 0.3) is 0 Å². The number of benzene rings is 2. The number of phenols is 2. The van der Waals surface area contributed by atoms with Gasteiger partial charge in [0.25, 0.3) is 0 Å². The van der Waals surface area contributed by atoms with Crippen LogP contribution in [0.1, 0.15) is 56.3 Å². The topological polar surface area (TPSA) is 169 Å². The maximum absolute atomic E-state index is 13.4. The van der Waals surface area contributed by atoms with Crippen LogP contribution in [0.15, 0.2) is 40.6 Å². The number of nitrogens with one attached hydrogen (secondary N) is 2. The van der Waals surface area contributed by atoms with Gasteiger partial charge in [-0.25, -0.2) is 4.98 Å². The number of hydrogen-bond donors (Lipinski definition) is 4. The zero-order chi connectivity index (χ0) is 27.4. The molecule has 0 fully saturated rings. The third-order valence-corrected chi connectivity index (χ3v) is 6.06. The number of carbonyl (C=O) groups is 2. The summed E-state index contributed by atoms with van der Waals surface area (Å²) in [5, 5.41) is 45.3. The number of anilines is 2. The number of aromatic hydroxyl groups is 2. The van der Waals surface area contributed by atoms with Gasteiger partial charge in [0.05, 0.1) is 34.5 Å². The number of nitrogens with zero attached hydrogens (tertiary/aromatic N) is 4. The lowest BCUT2D eigenvalue weighted by Crippen LogP contribution is -2.21. The number of phenolic OH excluding ortho intramolecular Hbond substituents is 2. The van der Waals surface area contributed by atoms with Gasteiger partial charge in [0.2, 0.25) is 5.78 Å². The molecule has 2 aromatic carbocycles. The molecule has 0 bridgehead atoms. The summed E-state index contributed by atoms with van der Waals surface area (Å²) >= 11 is 0. The second-order valence-electron chi connectivity index (χ2n) is 8.53. The Bertz CT molecular complexity index is 1510. The van der Waals surface area contributed by atoms with E-state index in [-0.39, 0.29) is 33.6 Å². The minimum absolute atomic E-state index is 0.0324. The van der Waals surface area contributed by atoms with Gasteiger partial charge in [-0.2, -0.15) is 5.26 Å². The smallest absolute Gasteiger partial charge is 0.200 e. The first-order valence-electron chi connectivity index (χ1n) is 11.9. The van der Waals surface area contributed by atoms with E-state index in [1.165, 1.54) is 12.1 Å². The fourth-order valence-corrected chi connectivity index (χ4v) is 4.17. The number of aromatic nitrogens is 1. The maximum atomic E-state index is 13.4. The van der Waals surface area contributed by atoms with Crippen molar-refractivity contribution in [1.82, 2.24) is 4.98 Å². The highest BCUT2D eigenvalue weighted by Crippen LogP contribution is 2.41. The summed E-state index contributed by atoms with van der Waals surface area (Å²) in [4.78, 5) is 31.1. The second-order valence-corrected chi connectivity index (χ2v) is 8.53. The van der Waals surface area contributed by atoms with Gasteiger partial charge in [0, 0.05) is 31.3 Å². The summed E-state index contributed by atoms with van der Waals surface area (Å²) < 4.78 is 5.11. The number of rotatable bonds is 9. The molecule has 3 aromatic rings. The SMILES string of the molecule is CCCNc1nc(NCCOC)c(/N=N/c2cccc3c2C(=O)c2c(O)ccc(O)c2C3=O)c(C)c1C#N. The quantitative estimate of drug-likeness (QED) is 0.140. The molecule has 0 saturated heterocycles. The van der Waals surface area contributed by atoms with Crippen LogP contribution >= 0.6 is 0 Å². The van der Waals surface area contributed by atoms with Crippen molar-refractivity contribution < 1.29 is 24.5 Å². The molecule has 11 heteroatoms. The molecule has 4 N–H and O–H groups in total. The van der Waals surface area contributed by atoms with Gasteiger partial charge in [0.15, 0.2) is 11.6 Å². The van der Waals surface area contributed by atoms with Crippen molar-refractivity contribution >= 4 is 34.6 Å². The number of fused-ring (bicyclic) bond motifs is 2. The fraction of sp³-hybridized carbons (Fsp3) is 0.259. The molecular formula is C27H26N6O5. The van der Waals surface area contributed by atoms with Gasteiger partial charge < -0.3 is 25.6 Å². The number of ether oxygens (including phenoxy) is 1. The predicted molar refractivity (Wildman–Crippen MR) is 140 cm³/mol. The Morgan fingerprint density at radius 1 is 0.974 bits per heavy atom. The van der Waals surface area contributed by atoms with Crippen LogP contribution in [-0.2, 0) is 4.74 Å². The van der Waals surface area contributed by atoms with Crippen molar-refractivity contribution in [1.29, 1.82) is 5.26 Å². The summed E-state index contributed by atoms with van der Waals surface area (Å²) in [5.74, 6) is -1.33. The summed E-state index contributed by atoms with van der Waals surface area (Å²) in [7, 11) is 1.57. The Labute approximate surface area is 218 Å². The molecule has 0 amide bonds. The normalized spacial score (nSPS) is 12.3.